The third-order valence-electron chi connectivity index (χ3n) is 2.53. The first kappa shape index (κ1) is 14.9. The Kier molecular flexibility index (Phi) is 5.56. The van der Waals surface area contributed by atoms with Crippen LogP contribution in [0.1, 0.15) is 25.8 Å². The van der Waals surface area contributed by atoms with Crippen LogP contribution in [0.2, 0.25) is 5.02 Å². The summed E-state index contributed by atoms with van der Waals surface area (Å²) in [5, 5.41) is 2.95. The van der Waals surface area contributed by atoms with Gasteiger partial charge in [0.15, 0.2) is 0 Å². The molecule has 0 radical (unpaired) electrons. The molecule has 1 atom stereocenters. The molecule has 3 N–H and O–H groups in total. The highest BCUT2D eigenvalue weighted by molar-refractivity contribution is 6.30. The first-order valence-electron chi connectivity index (χ1n) is 5.87. The lowest BCUT2D eigenvalue weighted by Crippen LogP contribution is -2.41. The Bertz CT molecular complexity index is 423. The number of amides is 1. The van der Waals surface area contributed by atoms with Gasteiger partial charge in [0.2, 0.25) is 5.91 Å². The monoisotopic (exact) mass is 272 g/mol. The van der Waals surface area contributed by atoms with Crippen LogP contribution in [0, 0.1) is 11.7 Å². The molecule has 0 heterocycles. The lowest BCUT2D eigenvalue weighted by atomic mass is 10.0. The van der Waals surface area contributed by atoms with Crippen molar-refractivity contribution in [1.82, 2.24) is 5.32 Å². The number of halogens is 2. The summed E-state index contributed by atoms with van der Waals surface area (Å²) < 4.78 is 13.4. The van der Waals surface area contributed by atoms with Gasteiger partial charge in [-0.25, -0.2) is 4.39 Å². The molecule has 1 aromatic rings. The van der Waals surface area contributed by atoms with Crippen LogP contribution in [-0.2, 0) is 11.3 Å². The zero-order valence-electron chi connectivity index (χ0n) is 10.5. The van der Waals surface area contributed by atoms with Crippen LogP contribution in [0.15, 0.2) is 18.2 Å². The van der Waals surface area contributed by atoms with E-state index in [-0.39, 0.29) is 12.5 Å². The van der Waals surface area contributed by atoms with Crippen LogP contribution in [0.3, 0.4) is 0 Å². The van der Waals surface area contributed by atoms with Crippen molar-refractivity contribution in [2.24, 2.45) is 11.7 Å². The second kappa shape index (κ2) is 6.71. The number of nitrogens with two attached hydrogens (primary N) is 1. The Balaban J connectivity index is 2.52. The van der Waals surface area contributed by atoms with E-state index in [4.69, 9.17) is 17.3 Å². The third-order valence-corrected chi connectivity index (χ3v) is 2.77. The van der Waals surface area contributed by atoms with Crippen molar-refractivity contribution in [3.05, 3.63) is 34.6 Å². The van der Waals surface area contributed by atoms with E-state index >= 15 is 0 Å². The Morgan fingerprint density at radius 1 is 1.50 bits per heavy atom. The maximum atomic E-state index is 13.4. The summed E-state index contributed by atoms with van der Waals surface area (Å²) in [5.41, 5.74) is 6.11. The largest absolute Gasteiger partial charge is 0.351 e. The Morgan fingerprint density at radius 2 is 2.17 bits per heavy atom. The highest BCUT2D eigenvalue weighted by Crippen LogP contribution is 2.14. The predicted molar refractivity (Wildman–Crippen MR) is 70.7 cm³/mol. The number of rotatable bonds is 5. The van der Waals surface area contributed by atoms with E-state index in [1.165, 1.54) is 6.07 Å². The van der Waals surface area contributed by atoms with E-state index in [9.17, 15) is 9.18 Å². The summed E-state index contributed by atoms with van der Waals surface area (Å²) in [6.45, 7) is 4.10. The maximum Gasteiger partial charge on any atom is 0.237 e. The molecule has 0 aliphatic carbocycles. The number of carbonyl (C=O) groups is 1. The molecule has 3 nitrogen and oxygen atoms in total. The Morgan fingerprint density at radius 3 is 2.72 bits per heavy atom. The molecule has 0 spiro atoms. The summed E-state index contributed by atoms with van der Waals surface area (Å²) in [5.74, 6) is -0.351. The topological polar surface area (TPSA) is 55.1 Å². The van der Waals surface area contributed by atoms with E-state index in [1.807, 2.05) is 13.8 Å². The van der Waals surface area contributed by atoms with Crippen LogP contribution in [0.5, 0.6) is 0 Å². The van der Waals surface area contributed by atoms with E-state index in [2.05, 4.69) is 5.32 Å². The molecule has 0 saturated carbocycles. The van der Waals surface area contributed by atoms with Crippen LogP contribution in [0.25, 0.3) is 0 Å². The van der Waals surface area contributed by atoms with Crippen molar-refractivity contribution < 1.29 is 9.18 Å². The van der Waals surface area contributed by atoms with Gasteiger partial charge in [-0.1, -0.05) is 31.5 Å². The third kappa shape index (κ3) is 4.63. The van der Waals surface area contributed by atoms with E-state index in [1.54, 1.807) is 12.1 Å². The standard InChI is InChI=1S/C13H18ClFN2O/c1-8(2)5-12(16)13(18)17-7-9-3-4-10(14)6-11(9)15/h3-4,6,8,12H,5,7,16H2,1-2H3,(H,17,18)/t12-/m0/s1. The van der Waals surface area contributed by atoms with Crippen LogP contribution < -0.4 is 11.1 Å². The zero-order valence-corrected chi connectivity index (χ0v) is 11.3. The molecule has 1 rings (SSSR count). The Labute approximate surface area is 112 Å². The molecule has 0 fully saturated rings. The highest BCUT2D eigenvalue weighted by atomic mass is 35.5. The first-order chi connectivity index (χ1) is 8.40. The molecule has 0 aliphatic rings. The fourth-order valence-corrected chi connectivity index (χ4v) is 1.75. The van der Waals surface area contributed by atoms with Gasteiger partial charge >= 0.3 is 0 Å². The number of hydrogen-bond acceptors (Lipinski definition) is 2. The quantitative estimate of drug-likeness (QED) is 0.865. The van der Waals surface area contributed by atoms with Crippen LogP contribution in [-0.4, -0.2) is 11.9 Å². The number of benzene rings is 1. The molecule has 0 bridgehead atoms. The number of carbonyl (C=O) groups excluding carboxylic acids is 1. The second-order valence-corrected chi connectivity index (χ2v) is 5.13. The second-order valence-electron chi connectivity index (χ2n) is 4.69. The lowest BCUT2D eigenvalue weighted by Gasteiger charge is -2.14. The fourth-order valence-electron chi connectivity index (χ4n) is 1.59. The van der Waals surface area contributed by atoms with E-state index in [0.29, 0.717) is 22.9 Å². The summed E-state index contributed by atoms with van der Waals surface area (Å²) in [6, 6.07) is 3.80. The minimum atomic E-state index is -0.555. The van der Waals surface area contributed by atoms with Gasteiger partial charge in [-0.3, -0.25) is 4.79 Å². The van der Waals surface area contributed by atoms with Crippen molar-refractivity contribution in [2.75, 3.05) is 0 Å². The zero-order chi connectivity index (χ0) is 13.7. The molecule has 0 aromatic heterocycles. The molecule has 0 aliphatic heterocycles. The summed E-state index contributed by atoms with van der Waals surface area (Å²) >= 11 is 5.64. The molecule has 5 heteroatoms. The smallest absolute Gasteiger partial charge is 0.237 e. The van der Waals surface area contributed by atoms with Crippen molar-refractivity contribution in [1.29, 1.82) is 0 Å². The molecular weight excluding hydrogens is 255 g/mol. The minimum absolute atomic E-state index is 0.119. The maximum absolute atomic E-state index is 13.4. The molecule has 18 heavy (non-hydrogen) atoms. The van der Waals surface area contributed by atoms with E-state index in [0.717, 1.165) is 0 Å². The average molecular weight is 273 g/mol. The molecule has 1 aromatic carbocycles. The minimum Gasteiger partial charge on any atom is -0.351 e. The average Bonchev–Trinajstić information content (AvgIpc) is 2.26. The predicted octanol–water partition coefficient (Wildman–Crippen LogP) is 2.47. The van der Waals surface area contributed by atoms with E-state index < -0.39 is 11.9 Å². The van der Waals surface area contributed by atoms with Gasteiger partial charge in [0, 0.05) is 17.1 Å². The van der Waals surface area contributed by atoms with Crippen molar-refractivity contribution >= 4 is 17.5 Å². The lowest BCUT2D eigenvalue weighted by molar-refractivity contribution is -0.122. The van der Waals surface area contributed by atoms with Gasteiger partial charge < -0.3 is 11.1 Å². The van der Waals surface area contributed by atoms with Crippen molar-refractivity contribution in [3.63, 3.8) is 0 Å². The Hall–Kier alpha value is -1.13. The summed E-state index contributed by atoms with van der Waals surface area (Å²) in [4.78, 5) is 11.6. The normalized spacial score (nSPS) is 12.6. The van der Waals surface area contributed by atoms with Crippen molar-refractivity contribution in [2.45, 2.75) is 32.9 Å². The van der Waals surface area contributed by atoms with Gasteiger partial charge in [-0.2, -0.15) is 0 Å². The van der Waals surface area contributed by atoms with Gasteiger partial charge in [-0.15, -0.1) is 0 Å². The van der Waals surface area contributed by atoms with Gasteiger partial charge in [-0.05, 0) is 24.5 Å². The number of hydrogen-bond donors (Lipinski definition) is 2. The number of nitrogens with one attached hydrogen (secondary N) is 1. The molecule has 1 amide bonds. The highest BCUT2D eigenvalue weighted by Gasteiger charge is 2.15. The summed E-state index contributed by atoms with van der Waals surface area (Å²) in [7, 11) is 0. The molecule has 0 saturated heterocycles. The first-order valence-corrected chi connectivity index (χ1v) is 6.25. The van der Waals surface area contributed by atoms with Crippen molar-refractivity contribution in [3.8, 4) is 0 Å². The van der Waals surface area contributed by atoms with Crippen LogP contribution in [0.4, 0.5) is 4.39 Å². The molecule has 0 unspecified atom stereocenters. The fraction of sp³-hybridized carbons (Fsp3) is 0.462. The summed E-state index contributed by atoms with van der Waals surface area (Å²) in [6.07, 6.45) is 0.606. The molecular formula is C13H18ClFN2O. The SMILES string of the molecule is CC(C)C[C@H](N)C(=O)NCc1ccc(Cl)cc1F. The van der Waals surface area contributed by atoms with Gasteiger partial charge in [0.1, 0.15) is 5.82 Å². The van der Waals surface area contributed by atoms with Gasteiger partial charge in [0.25, 0.3) is 0 Å². The van der Waals surface area contributed by atoms with Gasteiger partial charge in [0.05, 0.1) is 6.04 Å². The van der Waals surface area contributed by atoms with Crippen LogP contribution >= 0.6 is 11.6 Å². The molecule has 100 valence electrons.